The minimum Gasteiger partial charge on any atom is -0.497 e. The van der Waals surface area contributed by atoms with Gasteiger partial charge in [-0.15, -0.1) is 0 Å². The third-order valence-electron chi connectivity index (χ3n) is 3.20. The van der Waals surface area contributed by atoms with Crippen molar-refractivity contribution in [2.45, 2.75) is 25.8 Å². The highest BCUT2D eigenvalue weighted by Crippen LogP contribution is 2.25. The van der Waals surface area contributed by atoms with Gasteiger partial charge in [-0.3, -0.25) is 4.79 Å². The van der Waals surface area contributed by atoms with Gasteiger partial charge in [-0.25, -0.2) is 0 Å². The van der Waals surface area contributed by atoms with Gasteiger partial charge in [0.1, 0.15) is 11.3 Å². The van der Waals surface area contributed by atoms with Crippen molar-refractivity contribution in [2.24, 2.45) is 5.73 Å². The van der Waals surface area contributed by atoms with Crippen LogP contribution in [0.4, 0.5) is 0 Å². The monoisotopic (exact) mass is 276 g/mol. The highest BCUT2D eigenvalue weighted by molar-refractivity contribution is 5.88. The van der Waals surface area contributed by atoms with Crippen LogP contribution in [0.3, 0.4) is 0 Å². The average molecular weight is 276 g/mol. The molecule has 0 aliphatic heterocycles. The van der Waals surface area contributed by atoms with Crippen LogP contribution in [0.5, 0.6) is 5.75 Å². The van der Waals surface area contributed by atoms with Gasteiger partial charge in [0.2, 0.25) is 5.91 Å². The maximum atomic E-state index is 12.0. The van der Waals surface area contributed by atoms with Crippen molar-refractivity contribution < 1.29 is 13.9 Å². The Labute approximate surface area is 118 Å². The molecule has 2 aromatic rings. The van der Waals surface area contributed by atoms with E-state index in [2.05, 4.69) is 5.32 Å². The smallest absolute Gasteiger partial charge is 0.225 e. The van der Waals surface area contributed by atoms with Crippen molar-refractivity contribution in [3.63, 3.8) is 0 Å². The number of hydrogen-bond acceptors (Lipinski definition) is 4. The van der Waals surface area contributed by atoms with E-state index in [1.807, 2.05) is 26.0 Å². The Kier molecular flexibility index (Phi) is 3.99. The molecule has 0 saturated carbocycles. The molecule has 1 aromatic carbocycles. The Balaban J connectivity index is 2.16. The molecule has 0 bridgehead atoms. The molecular weight excluding hydrogens is 256 g/mol. The lowest BCUT2D eigenvalue weighted by atomic mass is 10.0. The Morgan fingerprint density at radius 1 is 1.45 bits per heavy atom. The SMILES string of the molecule is COc1ccc2c(CC(=O)NC(C)(C)CN)coc2c1. The summed E-state index contributed by atoms with van der Waals surface area (Å²) in [5.41, 5.74) is 6.77. The van der Waals surface area contributed by atoms with E-state index in [1.54, 1.807) is 19.4 Å². The number of furan rings is 1. The van der Waals surface area contributed by atoms with Gasteiger partial charge in [0, 0.05) is 29.1 Å². The Bertz CT molecular complexity index is 617. The molecule has 0 aliphatic carbocycles. The van der Waals surface area contributed by atoms with Crippen molar-refractivity contribution in [1.29, 1.82) is 0 Å². The second kappa shape index (κ2) is 5.54. The Morgan fingerprint density at radius 2 is 2.20 bits per heavy atom. The molecule has 0 spiro atoms. The van der Waals surface area contributed by atoms with Gasteiger partial charge in [-0.1, -0.05) is 0 Å². The van der Waals surface area contributed by atoms with Gasteiger partial charge in [0.15, 0.2) is 0 Å². The molecule has 3 N–H and O–H groups in total. The lowest BCUT2D eigenvalue weighted by Crippen LogP contribution is -2.49. The fraction of sp³-hybridized carbons (Fsp3) is 0.400. The summed E-state index contributed by atoms with van der Waals surface area (Å²) in [6.45, 7) is 4.18. The molecule has 0 atom stereocenters. The fourth-order valence-corrected chi connectivity index (χ4v) is 1.97. The van der Waals surface area contributed by atoms with Crippen molar-refractivity contribution in [2.75, 3.05) is 13.7 Å². The van der Waals surface area contributed by atoms with Gasteiger partial charge >= 0.3 is 0 Å². The second-order valence-corrected chi connectivity index (χ2v) is 5.44. The summed E-state index contributed by atoms with van der Waals surface area (Å²) >= 11 is 0. The van der Waals surface area contributed by atoms with Crippen LogP contribution in [0.25, 0.3) is 11.0 Å². The number of nitrogens with two attached hydrogens (primary N) is 1. The molecule has 20 heavy (non-hydrogen) atoms. The predicted octanol–water partition coefficient (Wildman–Crippen LogP) is 1.84. The van der Waals surface area contributed by atoms with E-state index in [9.17, 15) is 4.79 Å². The van der Waals surface area contributed by atoms with Crippen LogP contribution in [0, 0.1) is 0 Å². The molecule has 2 rings (SSSR count). The standard InChI is InChI=1S/C15H20N2O3/c1-15(2,9-16)17-14(18)6-10-8-20-13-7-11(19-3)4-5-12(10)13/h4-5,7-8H,6,9,16H2,1-3H3,(H,17,18). The molecule has 0 fully saturated rings. The molecule has 5 heteroatoms. The Hall–Kier alpha value is -2.01. The quantitative estimate of drug-likeness (QED) is 0.873. The lowest BCUT2D eigenvalue weighted by Gasteiger charge is -2.24. The highest BCUT2D eigenvalue weighted by Gasteiger charge is 2.19. The van der Waals surface area contributed by atoms with E-state index in [0.717, 1.165) is 16.7 Å². The van der Waals surface area contributed by atoms with E-state index in [1.165, 1.54) is 0 Å². The molecule has 1 amide bonds. The van der Waals surface area contributed by atoms with E-state index >= 15 is 0 Å². The maximum Gasteiger partial charge on any atom is 0.225 e. The first-order valence-electron chi connectivity index (χ1n) is 6.50. The third kappa shape index (κ3) is 3.11. The van der Waals surface area contributed by atoms with Gasteiger partial charge in [-0.05, 0) is 26.0 Å². The summed E-state index contributed by atoms with van der Waals surface area (Å²) < 4.78 is 10.6. The number of benzene rings is 1. The summed E-state index contributed by atoms with van der Waals surface area (Å²) in [7, 11) is 1.60. The summed E-state index contributed by atoms with van der Waals surface area (Å²) in [5.74, 6) is 0.658. The van der Waals surface area contributed by atoms with E-state index in [4.69, 9.17) is 14.9 Å². The molecule has 108 valence electrons. The molecule has 0 unspecified atom stereocenters. The zero-order valence-corrected chi connectivity index (χ0v) is 12.0. The van der Waals surface area contributed by atoms with Crippen LogP contribution >= 0.6 is 0 Å². The molecule has 5 nitrogen and oxygen atoms in total. The molecular formula is C15H20N2O3. The first-order chi connectivity index (χ1) is 9.45. The summed E-state index contributed by atoms with van der Waals surface area (Å²) in [4.78, 5) is 12.0. The number of hydrogen-bond donors (Lipinski definition) is 2. The zero-order chi connectivity index (χ0) is 14.8. The second-order valence-electron chi connectivity index (χ2n) is 5.44. The fourth-order valence-electron chi connectivity index (χ4n) is 1.97. The normalized spacial score (nSPS) is 11.6. The summed E-state index contributed by atoms with van der Waals surface area (Å²) in [6, 6.07) is 5.55. The minimum absolute atomic E-state index is 0.0704. The molecule has 0 radical (unpaired) electrons. The summed E-state index contributed by atoms with van der Waals surface area (Å²) in [5, 5.41) is 3.82. The van der Waals surface area contributed by atoms with Crippen LogP contribution in [0.2, 0.25) is 0 Å². The first-order valence-corrected chi connectivity index (χ1v) is 6.50. The average Bonchev–Trinajstić information content (AvgIpc) is 2.80. The molecule has 0 aliphatic rings. The van der Waals surface area contributed by atoms with Gasteiger partial charge in [0.25, 0.3) is 0 Å². The Morgan fingerprint density at radius 3 is 2.85 bits per heavy atom. The van der Waals surface area contributed by atoms with Crippen LogP contribution in [-0.4, -0.2) is 25.1 Å². The summed E-state index contributed by atoms with van der Waals surface area (Å²) in [6.07, 6.45) is 1.88. The number of nitrogens with one attached hydrogen (secondary N) is 1. The number of fused-ring (bicyclic) bond motifs is 1. The third-order valence-corrected chi connectivity index (χ3v) is 3.20. The first kappa shape index (κ1) is 14.4. The van der Waals surface area contributed by atoms with Crippen LogP contribution in [0.15, 0.2) is 28.9 Å². The maximum absolute atomic E-state index is 12.0. The van der Waals surface area contributed by atoms with Crippen molar-refractivity contribution in [3.8, 4) is 5.75 Å². The van der Waals surface area contributed by atoms with Crippen LogP contribution in [0.1, 0.15) is 19.4 Å². The number of ether oxygens (including phenoxy) is 1. The minimum atomic E-state index is -0.403. The van der Waals surface area contributed by atoms with E-state index in [0.29, 0.717) is 12.1 Å². The van der Waals surface area contributed by atoms with Gasteiger partial charge in [-0.2, -0.15) is 0 Å². The van der Waals surface area contributed by atoms with Gasteiger partial charge < -0.3 is 20.2 Å². The highest BCUT2D eigenvalue weighted by atomic mass is 16.5. The van der Waals surface area contributed by atoms with Crippen LogP contribution < -0.4 is 15.8 Å². The van der Waals surface area contributed by atoms with E-state index in [-0.39, 0.29) is 12.3 Å². The van der Waals surface area contributed by atoms with E-state index < -0.39 is 5.54 Å². The van der Waals surface area contributed by atoms with Crippen molar-refractivity contribution in [1.82, 2.24) is 5.32 Å². The van der Waals surface area contributed by atoms with Gasteiger partial charge in [0.05, 0.1) is 19.8 Å². The van der Waals surface area contributed by atoms with Crippen molar-refractivity contribution in [3.05, 3.63) is 30.0 Å². The number of carbonyl (C=O) groups excluding carboxylic acids is 1. The number of rotatable bonds is 5. The number of carbonyl (C=O) groups is 1. The molecule has 1 heterocycles. The molecule has 0 saturated heterocycles. The number of amides is 1. The topological polar surface area (TPSA) is 77.5 Å². The van der Waals surface area contributed by atoms with Crippen LogP contribution in [-0.2, 0) is 11.2 Å². The lowest BCUT2D eigenvalue weighted by molar-refractivity contribution is -0.121. The number of methoxy groups -OCH3 is 1. The molecule has 1 aromatic heterocycles. The van der Waals surface area contributed by atoms with Crippen molar-refractivity contribution >= 4 is 16.9 Å². The predicted molar refractivity (Wildman–Crippen MR) is 77.7 cm³/mol. The zero-order valence-electron chi connectivity index (χ0n) is 12.0. The largest absolute Gasteiger partial charge is 0.497 e.